The van der Waals surface area contributed by atoms with Gasteiger partial charge in [-0.1, -0.05) is 13.0 Å². The number of rotatable bonds is 7. The van der Waals surface area contributed by atoms with Crippen molar-refractivity contribution < 1.29 is 9.59 Å². The van der Waals surface area contributed by atoms with E-state index in [1.807, 2.05) is 18.5 Å². The predicted molar refractivity (Wildman–Crippen MR) is 111 cm³/mol. The normalized spacial score (nSPS) is 15.0. The molecule has 1 aliphatic rings. The molecule has 1 unspecified atom stereocenters. The van der Waals surface area contributed by atoms with Crippen LogP contribution in [0.5, 0.6) is 0 Å². The van der Waals surface area contributed by atoms with Crippen LogP contribution in [0.2, 0.25) is 0 Å². The zero-order valence-electron chi connectivity index (χ0n) is 16.7. The van der Waals surface area contributed by atoms with Crippen molar-refractivity contribution in [2.75, 3.05) is 13.1 Å². The van der Waals surface area contributed by atoms with Gasteiger partial charge in [-0.3, -0.25) is 19.5 Å². The minimum atomic E-state index is -0.541. The van der Waals surface area contributed by atoms with Crippen molar-refractivity contribution in [3.05, 3.63) is 51.0 Å². The van der Waals surface area contributed by atoms with Crippen LogP contribution < -0.4 is 10.6 Å². The first kappa shape index (κ1) is 20.5. The number of carbonyl (C=O) groups excluding carboxylic acids is 2. The van der Waals surface area contributed by atoms with Crippen LogP contribution in [0, 0.1) is 0 Å². The molecular weight excluding hydrogens is 372 g/mol. The molecule has 2 aromatic heterocycles. The van der Waals surface area contributed by atoms with Gasteiger partial charge in [0, 0.05) is 42.6 Å². The Morgan fingerprint density at radius 3 is 2.82 bits per heavy atom. The molecule has 3 heterocycles. The Kier molecular flexibility index (Phi) is 6.80. The zero-order valence-corrected chi connectivity index (χ0v) is 17.6. The molecule has 0 aromatic carbocycles. The standard InChI is InChI=1S/C21H28N4O2S/c1-4-15-6-7-16(23-10-15)11-25-9-8-17-18(13-28-19(17)12-25)21(27)24-14(3)20(26)22-5-2/h6-7,10,13-14H,4-5,8-9,11-12H2,1-3H3,(H,22,26)(H,24,27). The van der Waals surface area contributed by atoms with Gasteiger partial charge in [-0.25, -0.2) is 0 Å². The lowest BCUT2D eigenvalue weighted by atomic mass is 10.0. The monoisotopic (exact) mass is 400 g/mol. The van der Waals surface area contributed by atoms with Crippen LogP contribution in [0.4, 0.5) is 0 Å². The van der Waals surface area contributed by atoms with Gasteiger partial charge < -0.3 is 10.6 Å². The first-order valence-electron chi connectivity index (χ1n) is 9.85. The van der Waals surface area contributed by atoms with E-state index in [0.29, 0.717) is 12.1 Å². The van der Waals surface area contributed by atoms with Crippen molar-refractivity contribution in [2.45, 2.75) is 52.7 Å². The number of pyridine rings is 1. The number of nitrogens with one attached hydrogen (secondary N) is 2. The molecule has 2 amide bonds. The van der Waals surface area contributed by atoms with Crippen LogP contribution in [0.25, 0.3) is 0 Å². The van der Waals surface area contributed by atoms with Gasteiger partial charge in [-0.2, -0.15) is 0 Å². The van der Waals surface area contributed by atoms with Crippen molar-refractivity contribution in [3.63, 3.8) is 0 Å². The third-order valence-electron chi connectivity index (χ3n) is 5.04. The summed E-state index contributed by atoms with van der Waals surface area (Å²) < 4.78 is 0. The van der Waals surface area contributed by atoms with Crippen LogP contribution in [0.3, 0.4) is 0 Å². The minimum Gasteiger partial charge on any atom is -0.355 e. The summed E-state index contributed by atoms with van der Waals surface area (Å²) in [6.07, 6.45) is 3.79. The summed E-state index contributed by atoms with van der Waals surface area (Å²) >= 11 is 1.62. The maximum Gasteiger partial charge on any atom is 0.253 e. The van der Waals surface area contributed by atoms with Crippen LogP contribution in [0.1, 0.15) is 52.8 Å². The molecule has 2 N–H and O–H groups in total. The fraction of sp³-hybridized carbons (Fsp3) is 0.476. The average molecular weight is 401 g/mol. The first-order chi connectivity index (χ1) is 13.5. The average Bonchev–Trinajstić information content (AvgIpc) is 3.12. The fourth-order valence-corrected chi connectivity index (χ4v) is 4.48. The van der Waals surface area contributed by atoms with Crippen LogP contribution in [0.15, 0.2) is 23.7 Å². The quantitative estimate of drug-likeness (QED) is 0.749. The highest BCUT2D eigenvalue weighted by Crippen LogP contribution is 2.29. The highest BCUT2D eigenvalue weighted by Gasteiger charge is 2.25. The molecule has 3 rings (SSSR count). The number of hydrogen-bond acceptors (Lipinski definition) is 5. The largest absolute Gasteiger partial charge is 0.355 e. The summed E-state index contributed by atoms with van der Waals surface area (Å²) in [7, 11) is 0. The Morgan fingerprint density at radius 2 is 2.14 bits per heavy atom. The van der Waals surface area contributed by atoms with E-state index < -0.39 is 6.04 Å². The molecular formula is C21H28N4O2S. The third kappa shape index (κ3) is 4.77. The predicted octanol–water partition coefficient (Wildman–Crippen LogP) is 2.52. The Hall–Kier alpha value is -2.25. The third-order valence-corrected chi connectivity index (χ3v) is 6.06. The number of aryl methyl sites for hydroxylation is 1. The summed E-state index contributed by atoms with van der Waals surface area (Å²) in [5.74, 6) is -0.325. The Balaban J connectivity index is 1.62. The second kappa shape index (κ2) is 9.30. The number of hydrogen-bond donors (Lipinski definition) is 2. The van der Waals surface area contributed by atoms with E-state index in [9.17, 15) is 9.59 Å². The van der Waals surface area contributed by atoms with Gasteiger partial charge in [0.05, 0.1) is 11.3 Å². The summed E-state index contributed by atoms with van der Waals surface area (Å²) in [5.41, 5.74) is 4.16. The summed E-state index contributed by atoms with van der Waals surface area (Å²) in [6.45, 7) is 8.80. The van der Waals surface area contributed by atoms with Crippen LogP contribution >= 0.6 is 11.3 Å². The van der Waals surface area contributed by atoms with E-state index in [4.69, 9.17) is 0 Å². The van der Waals surface area contributed by atoms with Crippen LogP contribution in [-0.2, 0) is 30.7 Å². The molecule has 1 aliphatic heterocycles. The van der Waals surface area contributed by atoms with E-state index in [2.05, 4.69) is 39.6 Å². The number of fused-ring (bicyclic) bond motifs is 1. The number of likely N-dealkylation sites (N-methyl/N-ethyl adjacent to an activating group) is 1. The summed E-state index contributed by atoms with van der Waals surface area (Å²) in [4.78, 5) is 32.6. The van der Waals surface area contributed by atoms with Gasteiger partial charge in [0.25, 0.3) is 5.91 Å². The van der Waals surface area contributed by atoms with Gasteiger partial charge in [-0.15, -0.1) is 11.3 Å². The number of carbonyl (C=O) groups is 2. The molecule has 0 saturated heterocycles. The lowest BCUT2D eigenvalue weighted by molar-refractivity contribution is -0.122. The molecule has 2 aromatic rings. The van der Waals surface area contributed by atoms with Gasteiger partial charge in [-0.05, 0) is 43.9 Å². The van der Waals surface area contributed by atoms with Crippen molar-refractivity contribution >= 4 is 23.2 Å². The number of thiophene rings is 1. The fourth-order valence-electron chi connectivity index (χ4n) is 3.36. The highest BCUT2D eigenvalue weighted by atomic mass is 32.1. The molecule has 150 valence electrons. The minimum absolute atomic E-state index is 0.160. The molecule has 0 aliphatic carbocycles. The molecule has 0 bridgehead atoms. The number of nitrogens with zero attached hydrogens (tertiary/aromatic N) is 2. The second-order valence-corrected chi connectivity index (χ2v) is 8.08. The van der Waals surface area contributed by atoms with Gasteiger partial charge in [0.2, 0.25) is 5.91 Å². The highest BCUT2D eigenvalue weighted by molar-refractivity contribution is 7.10. The molecule has 1 atom stereocenters. The summed E-state index contributed by atoms with van der Waals surface area (Å²) in [5, 5.41) is 7.46. The van der Waals surface area contributed by atoms with Crippen molar-refractivity contribution in [3.8, 4) is 0 Å². The van der Waals surface area contributed by atoms with Gasteiger partial charge >= 0.3 is 0 Å². The molecule has 28 heavy (non-hydrogen) atoms. The SMILES string of the molecule is CCNC(=O)C(C)NC(=O)c1csc2c1CCN(Cc1ccc(CC)cn1)C2. The Labute approximate surface area is 170 Å². The van der Waals surface area contributed by atoms with Gasteiger partial charge in [0.15, 0.2) is 0 Å². The molecule has 0 fully saturated rings. The Morgan fingerprint density at radius 1 is 1.32 bits per heavy atom. The van der Waals surface area contributed by atoms with E-state index in [-0.39, 0.29) is 11.8 Å². The van der Waals surface area contributed by atoms with Gasteiger partial charge in [0.1, 0.15) is 6.04 Å². The van der Waals surface area contributed by atoms with Crippen molar-refractivity contribution in [1.29, 1.82) is 0 Å². The first-order valence-corrected chi connectivity index (χ1v) is 10.7. The smallest absolute Gasteiger partial charge is 0.253 e. The lowest BCUT2D eigenvalue weighted by Crippen LogP contribution is -2.45. The number of aromatic nitrogens is 1. The number of amides is 2. The van der Waals surface area contributed by atoms with E-state index in [1.54, 1.807) is 18.3 Å². The Bertz CT molecular complexity index is 831. The second-order valence-electron chi connectivity index (χ2n) is 7.11. The zero-order chi connectivity index (χ0) is 20.1. The summed E-state index contributed by atoms with van der Waals surface area (Å²) in [6, 6.07) is 3.70. The topological polar surface area (TPSA) is 74.3 Å². The molecule has 0 saturated carbocycles. The molecule has 6 nitrogen and oxygen atoms in total. The lowest BCUT2D eigenvalue weighted by Gasteiger charge is -2.27. The van der Waals surface area contributed by atoms with Crippen molar-refractivity contribution in [2.24, 2.45) is 0 Å². The molecule has 0 radical (unpaired) electrons. The van der Waals surface area contributed by atoms with Crippen LogP contribution in [-0.4, -0.2) is 40.8 Å². The molecule has 0 spiro atoms. The maximum atomic E-state index is 12.6. The van der Waals surface area contributed by atoms with E-state index in [0.717, 1.165) is 43.7 Å². The maximum absolute atomic E-state index is 12.6. The van der Waals surface area contributed by atoms with Crippen molar-refractivity contribution in [1.82, 2.24) is 20.5 Å². The molecule has 7 heteroatoms. The van der Waals surface area contributed by atoms with E-state index in [1.165, 1.54) is 10.4 Å². The van der Waals surface area contributed by atoms with E-state index >= 15 is 0 Å².